The highest BCUT2D eigenvalue weighted by Crippen LogP contribution is 2.30. The molecule has 1 fully saturated rings. The van der Waals surface area contributed by atoms with Crippen molar-refractivity contribution in [3.63, 3.8) is 0 Å². The summed E-state index contributed by atoms with van der Waals surface area (Å²) >= 11 is 0. The fraction of sp³-hybridized carbons (Fsp3) is 0.462. The summed E-state index contributed by atoms with van der Waals surface area (Å²) in [4.78, 5) is 22.6. The van der Waals surface area contributed by atoms with Crippen molar-refractivity contribution in [1.82, 2.24) is 24.6 Å². The molecule has 39 heavy (non-hydrogen) atoms. The Hall–Kier alpha value is -3.74. The van der Waals surface area contributed by atoms with Gasteiger partial charge in [0, 0.05) is 31.0 Å². The number of benzene rings is 1. The maximum Gasteiger partial charge on any atom is 0.427 e. The number of aryl methyl sites for hydroxylation is 2. The Labute approximate surface area is 221 Å². The Morgan fingerprint density at radius 3 is 2.59 bits per heavy atom. The zero-order valence-electron chi connectivity index (χ0n) is 21.2. The van der Waals surface area contributed by atoms with E-state index in [2.05, 4.69) is 15.1 Å². The quantitative estimate of drug-likeness (QED) is 0.404. The number of hydrogen-bond donors (Lipinski definition) is 0. The highest BCUT2D eigenvalue weighted by Gasteiger charge is 2.44. The maximum absolute atomic E-state index is 13.6. The number of ether oxygens (including phenoxy) is 3. The molecule has 1 saturated heterocycles. The largest absolute Gasteiger partial charge is 0.497 e. The van der Waals surface area contributed by atoms with Crippen molar-refractivity contribution >= 4 is 6.09 Å². The van der Waals surface area contributed by atoms with Gasteiger partial charge in [0.25, 0.3) is 0 Å². The van der Waals surface area contributed by atoms with Gasteiger partial charge in [-0.15, -0.1) is 5.10 Å². The zero-order valence-corrected chi connectivity index (χ0v) is 21.2. The van der Waals surface area contributed by atoms with E-state index in [0.717, 1.165) is 17.6 Å². The lowest BCUT2D eigenvalue weighted by Crippen LogP contribution is -2.44. The average Bonchev–Trinajstić information content (AvgIpc) is 3.37. The smallest absolute Gasteiger partial charge is 0.427 e. The number of carbonyl (C=O) groups excluding carboxylic acids is 1. The number of piperidine rings is 1. The number of halogens is 4. The normalized spacial score (nSPS) is 16.4. The monoisotopic (exact) mass is 549 g/mol. The second-order valence-corrected chi connectivity index (χ2v) is 9.47. The van der Waals surface area contributed by atoms with E-state index in [0.29, 0.717) is 48.6 Å². The van der Waals surface area contributed by atoms with E-state index in [1.165, 1.54) is 18.1 Å². The van der Waals surface area contributed by atoms with E-state index in [1.807, 2.05) is 0 Å². The number of fused-ring (bicyclic) bond motifs is 3. The van der Waals surface area contributed by atoms with Crippen LogP contribution in [0.3, 0.4) is 0 Å². The number of pyridine rings is 1. The Balaban J connectivity index is 1.15. The first-order chi connectivity index (χ1) is 18.7. The van der Waals surface area contributed by atoms with Crippen molar-refractivity contribution in [2.45, 2.75) is 50.5 Å². The molecule has 0 spiro atoms. The topological polar surface area (TPSA) is 91.6 Å². The molecule has 2 aromatic heterocycles. The van der Waals surface area contributed by atoms with Gasteiger partial charge in [-0.2, -0.15) is 17.9 Å². The minimum absolute atomic E-state index is 0.0733. The number of alkyl halides is 3. The molecule has 1 aromatic carbocycles. The number of methoxy groups -OCH3 is 1. The fourth-order valence-electron chi connectivity index (χ4n) is 4.68. The molecular formula is C26H27F4N5O4. The van der Waals surface area contributed by atoms with Gasteiger partial charge in [0.1, 0.15) is 17.4 Å². The van der Waals surface area contributed by atoms with E-state index in [1.54, 1.807) is 28.9 Å². The number of likely N-dealkylation sites (tertiary alicyclic amines) is 1. The molecule has 208 valence electrons. The van der Waals surface area contributed by atoms with Crippen LogP contribution in [0.2, 0.25) is 0 Å². The molecule has 1 amide bonds. The molecule has 0 radical (unpaired) electrons. The molecule has 1 unspecified atom stereocenters. The molecule has 4 heterocycles. The van der Waals surface area contributed by atoms with E-state index < -0.39 is 30.8 Å². The third-order valence-electron chi connectivity index (χ3n) is 6.84. The molecule has 9 nitrogen and oxygen atoms in total. The minimum atomic E-state index is -4.78. The van der Waals surface area contributed by atoms with Crippen molar-refractivity contribution in [2.75, 3.05) is 26.8 Å². The molecule has 3 aromatic rings. The number of rotatable bonds is 7. The number of amides is 1. The molecule has 0 aliphatic carbocycles. The van der Waals surface area contributed by atoms with Crippen molar-refractivity contribution in [2.24, 2.45) is 0 Å². The Morgan fingerprint density at radius 1 is 1.15 bits per heavy atom. The van der Waals surface area contributed by atoms with Crippen LogP contribution in [0.4, 0.5) is 22.4 Å². The summed E-state index contributed by atoms with van der Waals surface area (Å²) in [6, 6.07) is 8.15. The molecule has 0 N–H and O–H groups in total. The van der Waals surface area contributed by atoms with Crippen LogP contribution in [-0.4, -0.2) is 69.8 Å². The second kappa shape index (κ2) is 11.2. The number of nitrogens with zero attached hydrogens (tertiary/aromatic N) is 5. The SMILES string of the molecule is COc1ccc(COCC(OC(=O)N2CCC(c3nc4n(n3)-c3ncc(F)cc3CC4)CC2)C(F)(F)F)cc1. The lowest BCUT2D eigenvalue weighted by Gasteiger charge is -2.31. The van der Waals surface area contributed by atoms with Crippen LogP contribution in [0.5, 0.6) is 5.75 Å². The summed E-state index contributed by atoms with van der Waals surface area (Å²) in [5, 5.41) is 4.58. The van der Waals surface area contributed by atoms with Gasteiger partial charge >= 0.3 is 12.3 Å². The molecule has 5 rings (SSSR count). The molecule has 2 aliphatic heterocycles. The highest BCUT2D eigenvalue weighted by atomic mass is 19.4. The standard InChI is InChI=1S/C26H27F4N5O4/c1-37-20-5-2-16(3-6-20)14-38-15-21(26(28,29)30)39-25(36)34-10-8-17(9-11-34)23-32-22-7-4-18-12-19(27)13-31-24(18)35(22)33-23/h2-3,5-6,12-13,17,21H,4,7-11,14-15H2,1H3. The van der Waals surface area contributed by atoms with Gasteiger partial charge in [0.2, 0.25) is 6.10 Å². The van der Waals surface area contributed by atoms with Gasteiger partial charge in [0.15, 0.2) is 11.6 Å². The van der Waals surface area contributed by atoms with Crippen LogP contribution in [0, 0.1) is 5.82 Å². The van der Waals surface area contributed by atoms with E-state index in [4.69, 9.17) is 14.2 Å². The van der Waals surface area contributed by atoms with Crippen molar-refractivity contribution in [3.05, 3.63) is 65.1 Å². The first-order valence-corrected chi connectivity index (χ1v) is 12.5. The molecule has 1 atom stereocenters. The minimum Gasteiger partial charge on any atom is -0.497 e. The van der Waals surface area contributed by atoms with Crippen molar-refractivity contribution < 1.29 is 36.6 Å². The highest BCUT2D eigenvalue weighted by molar-refractivity contribution is 5.68. The van der Waals surface area contributed by atoms with E-state index in [-0.39, 0.29) is 25.6 Å². The van der Waals surface area contributed by atoms with Gasteiger partial charge in [-0.25, -0.2) is 19.2 Å². The van der Waals surface area contributed by atoms with Crippen LogP contribution in [0.1, 0.15) is 41.5 Å². The Bertz CT molecular complexity index is 1310. The van der Waals surface area contributed by atoms with Crippen LogP contribution in [0.25, 0.3) is 5.82 Å². The van der Waals surface area contributed by atoms with E-state index in [9.17, 15) is 22.4 Å². The van der Waals surface area contributed by atoms with Gasteiger partial charge < -0.3 is 19.1 Å². The second-order valence-electron chi connectivity index (χ2n) is 9.47. The van der Waals surface area contributed by atoms with Crippen LogP contribution in [-0.2, 0) is 28.9 Å². The first kappa shape index (κ1) is 26.9. The predicted octanol–water partition coefficient (Wildman–Crippen LogP) is 4.37. The molecule has 13 heteroatoms. The summed E-state index contributed by atoms with van der Waals surface area (Å²) in [6.07, 6.45) is -4.94. The molecular weight excluding hydrogens is 522 g/mol. The zero-order chi connectivity index (χ0) is 27.6. The number of hydrogen-bond acceptors (Lipinski definition) is 7. The van der Waals surface area contributed by atoms with Gasteiger partial charge in [-0.1, -0.05) is 12.1 Å². The van der Waals surface area contributed by atoms with Crippen LogP contribution in [0.15, 0.2) is 36.5 Å². The number of aromatic nitrogens is 4. The van der Waals surface area contributed by atoms with Gasteiger partial charge in [-0.3, -0.25) is 0 Å². The Kier molecular flexibility index (Phi) is 7.69. The van der Waals surface area contributed by atoms with Gasteiger partial charge in [-0.05, 0) is 43.0 Å². The third kappa shape index (κ3) is 6.13. The summed E-state index contributed by atoms with van der Waals surface area (Å²) in [7, 11) is 1.51. The maximum atomic E-state index is 13.6. The van der Waals surface area contributed by atoms with Gasteiger partial charge in [0.05, 0.1) is 26.5 Å². The summed E-state index contributed by atoms with van der Waals surface area (Å²) in [5.74, 6) is 1.98. The fourth-order valence-corrected chi connectivity index (χ4v) is 4.68. The van der Waals surface area contributed by atoms with Crippen LogP contribution >= 0.6 is 0 Å². The predicted molar refractivity (Wildman–Crippen MR) is 129 cm³/mol. The Morgan fingerprint density at radius 2 is 1.90 bits per heavy atom. The summed E-state index contributed by atoms with van der Waals surface area (Å²) in [6.45, 7) is -0.493. The van der Waals surface area contributed by atoms with Crippen LogP contribution < -0.4 is 4.74 Å². The summed E-state index contributed by atoms with van der Waals surface area (Å²) < 4.78 is 70.9. The van der Waals surface area contributed by atoms with Crippen molar-refractivity contribution in [3.8, 4) is 11.6 Å². The first-order valence-electron chi connectivity index (χ1n) is 12.5. The molecule has 2 aliphatic rings. The summed E-state index contributed by atoms with van der Waals surface area (Å²) in [5.41, 5.74) is 1.41. The molecule has 0 saturated carbocycles. The van der Waals surface area contributed by atoms with E-state index >= 15 is 0 Å². The average molecular weight is 550 g/mol. The lowest BCUT2D eigenvalue weighted by molar-refractivity contribution is -0.220. The molecule has 0 bridgehead atoms. The third-order valence-corrected chi connectivity index (χ3v) is 6.84. The number of carbonyl (C=O) groups is 1. The van der Waals surface area contributed by atoms with Crippen molar-refractivity contribution in [1.29, 1.82) is 0 Å². The lowest BCUT2D eigenvalue weighted by atomic mass is 9.96.